The highest BCUT2D eigenvalue weighted by Gasteiger charge is 2.30. The lowest BCUT2D eigenvalue weighted by Gasteiger charge is -2.29. The SMILES string of the molecule is CC(C)(C)OC(=O)NCCC[C@@H](C(=O)NCC[C@@H](CO)NC(=O)OC(C)(C)C)N(Cc1ccccc1)C(=O)O. The van der Waals surface area contributed by atoms with E-state index in [0.29, 0.717) is 12.0 Å². The number of carboxylic acid groups (broad SMARTS) is 1. The first-order valence-electron chi connectivity index (χ1n) is 13.0. The maximum atomic E-state index is 13.2. The molecular formula is C27H44N4O8. The van der Waals surface area contributed by atoms with Crippen molar-refractivity contribution in [3.8, 4) is 0 Å². The standard InChI is InChI=1S/C27H44N4O8/c1-26(2,3)38-23(34)29-15-10-13-21(31(25(36)37)17-19-11-8-7-9-12-19)22(33)28-16-14-20(18-32)30-24(35)39-27(4,5)6/h7-9,11-12,20-21,32H,10,13-18H2,1-6H3,(H,28,33)(H,29,34)(H,30,35)(H,36,37)/t20-,21-/m0/s1. The minimum atomic E-state index is -1.26. The molecule has 1 aromatic rings. The van der Waals surface area contributed by atoms with Gasteiger partial charge in [0.1, 0.15) is 17.2 Å². The van der Waals surface area contributed by atoms with E-state index >= 15 is 0 Å². The van der Waals surface area contributed by atoms with Crippen LogP contribution < -0.4 is 16.0 Å². The Kier molecular flexibility index (Phi) is 13.5. The largest absolute Gasteiger partial charge is 0.465 e. The van der Waals surface area contributed by atoms with Crippen LogP contribution in [0.3, 0.4) is 0 Å². The quantitative estimate of drug-likeness (QED) is 0.233. The van der Waals surface area contributed by atoms with Crippen LogP contribution in [0, 0.1) is 0 Å². The van der Waals surface area contributed by atoms with E-state index < -0.39 is 47.5 Å². The first kappa shape index (κ1) is 33.5. The molecule has 39 heavy (non-hydrogen) atoms. The molecule has 220 valence electrons. The number of hydrogen-bond donors (Lipinski definition) is 5. The van der Waals surface area contributed by atoms with Gasteiger partial charge >= 0.3 is 18.3 Å². The Bertz CT molecular complexity index is 928. The van der Waals surface area contributed by atoms with Gasteiger partial charge in [-0.3, -0.25) is 9.69 Å². The van der Waals surface area contributed by atoms with E-state index in [1.165, 1.54) is 0 Å². The fourth-order valence-corrected chi connectivity index (χ4v) is 3.49. The minimum Gasteiger partial charge on any atom is -0.465 e. The summed E-state index contributed by atoms with van der Waals surface area (Å²) in [5.74, 6) is -0.528. The molecule has 0 aliphatic carbocycles. The van der Waals surface area contributed by atoms with Crippen LogP contribution in [0.5, 0.6) is 0 Å². The topological polar surface area (TPSA) is 167 Å². The maximum Gasteiger partial charge on any atom is 0.408 e. The van der Waals surface area contributed by atoms with Crippen molar-refractivity contribution in [3.63, 3.8) is 0 Å². The van der Waals surface area contributed by atoms with Crippen molar-refractivity contribution < 1.29 is 38.9 Å². The summed E-state index contributed by atoms with van der Waals surface area (Å²) in [6.45, 7) is 10.3. The molecule has 0 unspecified atom stereocenters. The molecule has 4 amide bonds. The second kappa shape index (κ2) is 15.8. The predicted molar refractivity (Wildman–Crippen MR) is 145 cm³/mol. The zero-order valence-corrected chi connectivity index (χ0v) is 23.8. The number of amides is 4. The summed E-state index contributed by atoms with van der Waals surface area (Å²) in [6, 6.07) is 7.19. The van der Waals surface area contributed by atoms with Gasteiger partial charge in [-0.1, -0.05) is 30.3 Å². The lowest BCUT2D eigenvalue weighted by molar-refractivity contribution is -0.126. The molecule has 1 rings (SSSR count). The molecule has 2 atom stereocenters. The molecule has 0 bridgehead atoms. The number of aliphatic hydroxyl groups is 1. The fourth-order valence-electron chi connectivity index (χ4n) is 3.49. The van der Waals surface area contributed by atoms with Crippen LogP contribution in [-0.2, 0) is 20.8 Å². The Hall–Kier alpha value is -3.54. The zero-order valence-electron chi connectivity index (χ0n) is 23.8. The minimum absolute atomic E-state index is 0.00673. The number of aliphatic hydroxyl groups excluding tert-OH is 1. The van der Waals surface area contributed by atoms with Crippen molar-refractivity contribution in [2.24, 2.45) is 0 Å². The van der Waals surface area contributed by atoms with E-state index in [4.69, 9.17) is 9.47 Å². The average molecular weight is 553 g/mol. The molecule has 12 heteroatoms. The van der Waals surface area contributed by atoms with Crippen LogP contribution in [0.2, 0.25) is 0 Å². The number of alkyl carbamates (subject to hydrolysis) is 2. The Morgan fingerprint density at radius 2 is 1.46 bits per heavy atom. The van der Waals surface area contributed by atoms with Gasteiger partial charge in [0.2, 0.25) is 5.91 Å². The van der Waals surface area contributed by atoms with E-state index in [9.17, 15) is 29.4 Å². The fraction of sp³-hybridized carbons (Fsp3) is 0.630. The van der Waals surface area contributed by atoms with Crippen LogP contribution in [0.1, 0.15) is 66.4 Å². The number of benzene rings is 1. The van der Waals surface area contributed by atoms with Crippen molar-refractivity contribution in [3.05, 3.63) is 35.9 Å². The zero-order chi connectivity index (χ0) is 29.6. The monoisotopic (exact) mass is 552 g/mol. The van der Waals surface area contributed by atoms with Crippen LogP contribution in [0.25, 0.3) is 0 Å². The number of nitrogens with zero attached hydrogens (tertiary/aromatic N) is 1. The van der Waals surface area contributed by atoms with Crippen molar-refractivity contribution in [2.45, 2.75) is 90.6 Å². The van der Waals surface area contributed by atoms with E-state index in [-0.39, 0.29) is 39.1 Å². The van der Waals surface area contributed by atoms with Crippen LogP contribution in [0.15, 0.2) is 30.3 Å². The third kappa shape index (κ3) is 14.8. The molecule has 0 aliphatic rings. The second-order valence-electron chi connectivity index (χ2n) is 11.1. The number of carbonyl (C=O) groups excluding carboxylic acids is 3. The molecule has 0 aromatic heterocycles. The van der Waals surface area contributed by atoms with Crippen LogP contribution >= 0.6 is 0 Å². The summed E-state index contributed by atoms with van der Waals surface area (Å²) in [4.78, 5) is 50.3. The highest BCUT2D eigenvalue weighted by molar-refractivity contribution is 5.85. The smallest absolute Gasteiger partial charge is 0.408 e. The Balaban J connectivity index is 2.84. The first-order chi connectivity index (χ1) is 18.1. The maximum absolute atomic E-state index is 13.2. The Morgan fingerprint density at radius 1 is 0.872 bits per heavy atom. The Labute approximate surface area is 230 Å². The van der Waals surface area contributed by atoms with Crippen LogP contribution in [-0.4, -0.2) is 82.3 Å². The van der Waals surface area contributed by atoms with Crippen molar-refractivity contribution in [2.75, 3.05) is 19.7 Å². The van der Waals surface area contributed by atoms with Gasteiger partial charge in [-0.15, -0.1) is 0 Å². The number of ether oxygens (including phenoxy) is 2. The second-order valence-corrected chi connectivity index (χ2v) is 11.1. The molecule has 0 spiro atoms. The summed E-state index contributed by atoms with van der Waals surface area (Å²) < 4.78 is 10.4. The van der Waals surface area contributed by atoms with E-state index in [0.717, 1.165) is 4.90 Å². The highest BCUT2D eigenvalue weighted by atomic mass is 16.6. The number of hydrogen-bond acceptors (Lipinski definition) is 7. The van der Waals surface area contributed by atoms with Crippen LogP contribution in [0.4, 0.5) is 14.4 Å². The highest BCUT2D eigenvalue weighted by Crippen LogP contribution is 2.14. The molecule has 0 fully saturated rings. The van der Waals surface area contributed by atoms with Gasteiger partial charge in [0, 0.05) is 19.6 Å². The molecule has 0 saturated carbocycles. The molecule has 1 aromatic carbocycles. The summed E-state index contributed by atoms with van der Waals surface area (Å²) in [7, 11) is 0. The Morgan fingerprint density at radius 3 is 2.00 bits per heavy atom. The first-order valence-corrected chi connectivity index (χ1v) is 13.0. The van der Waals surface area contributed by atoms with Crippen molar-refractivity contribution >= 4 is 24.2 Å². The van der Waals surface area contributed by atoms with E-state index in [1.807, 2.05) is 6.07 Å². The van der Waals surface area contributed by atoms with Gasteiger partial charge in [-0.25, -0.2) is 14.4 Å². The third-order valence-electron chi connectivity index (χ3n) is 5.18. The van der Waals surface area contributed by atoms with Crippen molar-refractivity contribution in [1.29, 1.82) is 0 Å². The molecule has 0 saturated heterocycles. The number of carbonyl (C=O) groups is 4. The molecule has 0 aliphatic heterocycles. The van der Waals surface area contributed by atoms with Crippen molar-refractivity contribution in [1.82, 2.24) is 20.9 Å². The molecule has 0 heterocycles. The molecule has 12 nitrogen and oxygen atoms in total. The summed E-state index contributed by atoms with van der Waals surface area (Å²) in [5.41, 5.74) is -0.651. The van der Waals surface area contributed by atoms with Gasteiger partial charge in [0.25, 0.3) is 0 Å². The van der Waals surface area contributed by atoms with E-state index in [1.54, 1.807) is 65.8 Å². The molecule has 5 N–H and O–H groups in total. The summed E-state index contributed by atoms with van der Waals surface area (Å²) in [5, 5.41) is 27.4. The lowest BCUT2D eigenvalue weighted by Crippen LogP contribution is -2.50. The van der Waals surface area contributed by atoms with Gasteiger partial charge in [-0.2, -0.15) is 0 Å². The third-order valence-corrected chi connectivity index (χ3v) is 5.18. The summed E-state index contributed by atoms with van der Waals surface area (Å²) >= 11 is 0. The van der Waals surface area contributed by atoms with Gasteiger partial charge < -0.3 is 35.6 Å². The number of nitrogens with one attached hydrogen (secondary N) is 3. The molecular weight excluding hydrogens is 508 g/mol. The van der Waals surface area contributed by atoms with Gasteiger partial charge in [0.15, 0.2) is 0 Å². The van der Waals surface area contributed by atoms with Gasteiger partial charge in [-0.05, 0) is 66.4 Å². The normalized spacial score (nSPS) is 13.0. The number of rotatable bonds is 13. The predicted octanol–water partition coefficient (Wildman–Crippen LogP) is 3.23. The molecule has 0 radical (unpaired) electrons. The lowest BCUT2D eigenvalue weighted by atomic mass is 10.1. The average Bonchev–Trinajstić information content (AvgIpc) is 2.80. The van der Waals surface area contributed by atoms with Gasteiger partial charge in [0.05, 0.1) is 12.6 Å². The van der Waals surface area contributed by atoms with E-state index in [2.05, 4.69) is 16.0 Å². The summed E-state index contributed by atoms with van der Waals surface area (Å²) in [6.07, 6.45) is -1.91.